The van der Waals surface area contributed by atoms with E-state index in [-0.39, 0.29) is 11.8 Å². The summed E-state index contributed by atoms with van der Waals surface area (Å²) in [6.07, 6.45) is 4.38. The average Bonchev–Trinajstić information content (AvgIpc) is 2.46. The molecule has 1 aliphatic heterocycles. The molecule has 2 aliphatic rings. The molecule has 22 heavy (non-hydrogen) atoms. The number of hydrogen-bond acceptors (Lipinski definition) is 3. The summed E-state index contributed by atoms with van der Waals surface area (Å²) >= 11 is 0. The number of hydrogen-bond donors (Lipinski definition) is 1. The molecule has 1 saturated carbocycles. The van der Waals surface area contributed by atoms with Crippen LogP contribution in [0.25, 0.3) is 0 Å². The molecule has 1 saturated heterocycles. The summed E-state index contributed by atoms with van der Waals surface area (Å²) in [5.74, 6) is 0.273. The SMILES string of the molecule is O=C(C1CCC1)N1CCCC(S(=O)(=O)Nc2ccccc2)C1. The lowest BCUT2D eigenvalue weighted by Crippen LogP contribution is -2.49. The minimum Gasteiger partial charge on any atom is -0.341 e. The Balaban J connectivity index is 1.66. The molecule has 1 amide bonds. The summed E-state index contributed by atoms with van der Waals surface area (Å²) in [7, 11) is -3.46. The normalized spacial score (nSPS) is 22.9. The third-order valence-electron chi connectivity index (χ3n) is 4.62. The highest BCUT2D eigenvalue weighted by Crippen LogP contribution is 2.30. The molecular formula is C16H22N2O3S. The fourth-order valence-electron chi connectivity index (χ4n) is 3.06. The van der Waals surface area contributed by atoms with Crippen LogP contribution in [0.5, 0.6) is 0 Å². The average molecular weight is 322 g/mol. The van der Waals surface area contributed by atoms with E-state index >= 15 is 0 Å². The summed E-state index contributed by atoms with van der Waals surface area (Å²) in [5.41, 5.74) is 0.574. The first-order chi connectivity index (χ1) is 10.6. The first-order valence-electron chi connectivity index (χ1n) is 7.92. The van der Waals surface area contributed by atoms with Gasteiger partial charge in [-0.3, -0.25) is 9.52 Å². The Morgan fingerprint density at radius 3 is 2.45 bits per heavy atom. The standard InChI is InChI=1S/C16H22N2O3S/c19-16(13-6-4-7-13)18-11-5-10-15(12-18)22(20,21)17-14-8-2-1-3-9-14/h1-3,8-9,13,15,17H,4-7,10-12H2. The molecule has 3 rings (SSSR count). The number of carbonyl (C=O) groups excluding carboxylic acids is 1. The summed E-state index contributed by atoms with van der Waals surface area (Å²) in [6, 6.07) is 8.91. The van der Waals surface area contributed by atoms with E-state index in [0.29, 0.717) is 25.2 Å². The topological polar surface area (TPSA) is 66.5 Å². The second-order valence-corrected chi connectivity index (χ2v) is 8.15. The molecule has 0 aromatic heterocycles. The van der Waals surface area contributed by atoms with Gasteiger partial charge in [0.1, 0.15) is 0 Å². The number of anilines is 1. The number of carbonyl (C=O) groups is 1. The highest BCUT2D eigenvalue weighted by atomic mass is 32.2. The van der Waals surface area contributed by atoms with Crippen molar-refractivity contribution in [2.24, 2.45) is 5.92 Å². The van der Waals surface area contributed by atoms with Gasteiger partial charge in [0.05, 0.1) is 5.25 Å². The Kier molecular flexibility index (Phi) is 4.38. The van der Waals surface area contributed by atoms with Gasteiger partial charge >= 0.3 is 0 Å². The van der Waals surface area contributed by atoms with Crippen LogP contribution in [0.4, 0.5) is 5.69 Å². The predicted octanol–water partition coefficient (Wildman–Crippen LogP) is 2.22. The first-order valence-corrected chi connectivity index (χ1v) is 9.46. The van der Waals surface area contributed by atoms with Crippen molar-refractivity contribution in [3.8, 4) is 0 Å². The summed E-state index contributed by atoms with van der Waals surface area (Å²) < 4.78 is 27.7. The minimum absolute atomic E-state index is 0.128. The minimum atomic E-state index is -3.46. The second-order valence-electron chi connectivity index (χ2n) is 6.19. The molecule has 0 radical (unpaired) electrons. The Hall–Kier alpha value is -1.56. The molecule has 1 N–H and O–H groups in total. The Morgan fingerprint density at radius 2 is 1.82 bits per heavy atom. The van der Waals surface area contributed by atoms with E-state index in [4.69, 9.17) is 0 Å². The van der Waals surface area contributed by atoms with Gasteiger partial charge in [-0.2, -0.15) is 0 Å². The molecule has 6 heteroatoms. The van der Waals surface area contributed by atoms with E-state index in [1.807, 2.05) is 6.07 Å². The van der Waals surface area contributed by atoms with Crippen molar-refractivity contribution >= 4 is 21.6 Å². The van der Waals surface area contributed by atoms with Crippen LogP contribution < -0.4 is 4.72 Å². The van der Waals surface area contributed by atoms with Crippen molar-refractivity contribution in [1.29, 1.82) is 0 Å². The highest BCUT2D eigenvalue weighted by molar-refractivity contribution is 7.93. The fourth-order valence-corrected chi connectivity index (χ4v) is 4.54. The fraction of sp³-hybridized carbons (Fsp3) is 0.562. The lowest BCUT2D eigenvalue weighted by molar-refractivity contribution is -0.138. The monoisotopic (exact) mass is 322 g/mol. The molecule has 0 bridgehead atoms. The highest BCUT2D eigenvalue weighted by Gasteiger charge is 2.36. The van der Waals surface area contributed by atoms with Crippen LogP contribution in [0.2, 0.25) is 0 Å². The van der Waals surface area contributed by atoms with Gasteiger partial charge in [-0.25, -0.2) is 8.42 Å². The Bertz CT molecular complexity index is 626. The van der Waals surface area contributed by atoms with Crippen molar-refractivity contribution in [1.82, 2.24) is 4.90 Å². The molecule has 1 aromatic carbocycles. The summed E-state index contributed by atoms with van der Waals surface area (Å²) in [6.45, 7) is 1.00. The lowest BCUT2D eigenvalue weighted by Gasteiger charge is -2.37. The quantitative estimate of drug-likeness (QED) is 0.924. The maximum absolute atomic E-state index is 12.5. The van der Waals surface area contributed by atoms with Gasteiger partial charge in [-0.1, -0.05) is 24.6 Å². The smallest absolute Gasteiger partial charge is 0.237 e. The van der Waals surface area contributed by atoms with Gasteiger partial charge in [-0.05, 0) is 37.8 Å². The molecule has 1 unspecified atom stereocenters. The van der Waals surface area contributed by atoms with Crippen LogP contribution in [0.1, 0.15) is 32.1 Å². The molecule has 1 atom stereocenters. The Morgan fingerprint density at radius 1 is 1.09 bits per heavy atom. The van der Waals surface area contributed by atoms with Gasteiger partial charge in [0.15, 0.2) is 0 Å². The number of likely N-dealkylation sites (tertiary alicyclic amines) is 1. The third-order valence-corrected chi connectivity index (χ3v) is 6.40. The molecule has 1 aliphatic carbocycles. The predicted molar refractivity (Wildman–Crippen MR) is 85.9 cm³/mol. The van der Waals surface area contributed by atoms with E-state index < -0.39 is 15.3 Å². The van der Waals surface area contributed by atoms with Crippen molar-refractivity contribution in [3.05, 3.63) is 30.3 Å². The zero-order chi connectivity index (χ0) is 15.6. The number of benzene rings is 1. The van der Waals surface area contributed by atoms with Crippen molar-refractivity contribution in [2.75, 3.05) is 17.8 Å². The van der Waals surface area contributed by atoms with Crippen LogP contribution in [0, 0.1) is 5.92 Å². The van der Waals surface area contributed by atoms with Crippen LogP contribution in [0.15, 0.2) is 30.3 Å². The zero-order valence-corrected chi connectivity index (χ0v) is 13.4. The first kappa shape index (κ1) is 15.3. The van der Waals surface area contributed by atoms with Gasteiger partial charge < -0.3 is 4.90 Å². The van der Waals surface area contributed by atoms with Gasteiger partial charge in [-0.15, -0.1) is 0 Å². The van der Waals surface area contributed by atoms with E-state index in [1.165, 1.54) is 0 Å². The van der Waals surface area contributed by atoms with Crippen molar-refractivity contribution in [2.45, 2.75) is 37.4 Å². The number of nitrogens with one attached hydrogen (secondary N) is 1. The van der Waals surface area contributed by atoms with Crippen LogP contribution >= 0.6 is 0 Å². The number of piperidine rings is 1. The number of rotatable bonds is 4. The molecule has 0 spiro atoms. The maximum atomic E-state index is 12.5. The number of para-hydroxylation sites is 1. The van der Waals surface area contributed by atoms with E-state index in [2.05, 4.69) is 4.72 Å². The number of nitrogens with zero attached hydrogens (tertiary/aromatic N) is 1. The summed E-state index contributed by atoms with van der Waals surface area (Å²) in [4.78, 5) is 14.1. The van der Waals surface area contributed by atoms with Gasteiger partial charge in [0.25, 0.3) is 0 Å². The molecule has 120 valence electrons. The molecule has 2 fully saturated rings. The van der Waals surface area contributed by atoms with Crippen LogP contribution in [-0.2, 0) is 14.8 Å². The van der Waals surface area contributed by atoms with E-state index in [9.17, 15) is 13.2 Å². The third kappa shape index (κ3) is 3.27. The van der Waals surface area contributed by atoms with E-state index in [0.717, 1.165) is 25.7 Å². The number of amides is 1. The molecule has 1 aromatic rings. The van der Waals surface area contributed by atoms with Crippen LogP contribution in [-0.4, -0.2) is 37.6 Å². The van der Waals surface area contributed by atoms with E-state index in [1.54, 1.807) is 29.2 Å². The zero-order valence-electron chi connectivity index (χ0n) is 12.6. The van der Waals surface area contributed by atoms with Crippen molar-refractivity contribution in [3.63, 3.8) is 0 Å². The van der Waals surface area contributed by atoms with Gasteiger partial charge in [0.2, 0.25) is 15.9 Å². The van der Waals surface area contributed by atoms with Crippen molar-refractivity contribution < 1.29 is 13.2 Å². The molecular weight excluding hydrogens is 300 g/mol. The van der Waals surface area contributed by atoms with Gasteiger partial charge in [0, 0.05) is 24.7 Å². The summed E-state index contributed by atoms with van der Waals surface area (Å²) in [5, 5.41) is -0.523. The Labute approximate surface area is 131 Å². The lowest BCUT2D eigenvalue weighted by atomic mass is 9.84. The largest absolute Gasteiger partial charge is 0.341 e. The van der Waals surface area contributed by atoms with Crippen LogP contribution in [0.3, 0.4) is 0 Å². The molecule has 1 heterocycles. The maximum Gasteiger partial charge on any atom is 0.237 e. The molecule has 5 nitrogen and oxygen atoms in total. The second kappa shape index (κ2) is 6.28. The number of sulfonamides is 1.